The molecule has 1 amide bonds. The zero-order valence-electron chi connectivity index (χ0n) is 14.7. The van der Waals surface area contributed by atoms with Crippen LogP contribution in [0.15, 0.2) is 54.7 Å². The standard InChI is InChI=1S/C19H16ClF2N3O3/c1-12-10-13(28-19(21)22)6-7-15(12)23-18(26)16-8-9-25(24-16)11-27-17-5-3-2-4-14(17)20/h2-10,19H,11H2,1H3,(H,23,26). The number of aryl methyl sites for hydroxylation is 1. The number of carbonyl (C=O) groups is 1. The van der Waals surface area contributed by atoms with Gasteiger partial charge in [-0.3, -0.25) is 4.79 Å². The molecule has 0 aliphatic heterocycles. The number of carbonyl (C=O) groups excluding carboxylic acids is 1. The van der Waals surface area contributed by atoms with Gasteiger partial charge in [0.05, 0.1) is 5.02 Å². The number of aromatic nitrogens is 2. The van der Waals surface area contributed by atoms with Gasteiger partial charge in [-0.2, -0.15) is 13.9 Å². The average molecular weight is 408 g/mol. The highest BCUT2D eigenvalue weighted by atomic mass is 35.5. The lowest BCUT2D eigenvalue weighted by atomic mass is 10.2. The van der Waals surface area contributed by atoms with Crippen LogP contribution in [0, 0.1) is 6.92 Å². The molecule has 9 heteroatoms. The van der Waals surface area contributed by atoms with E-state index in [1.807, 2.05) is 0 Å². The summed E-state index contributed by atoms with van der Waals surface area (Å²) in [4.78, 5) is 12.4. The molecule has 6 nitrogen and oxygen atoms in total. The second-order valence-electron chi connectivity index (χ2n) is 5.75. The fourth-order valence-electron chi connectivity index (χ4n) is 2.39. The molecule has 0 bridgehead atoms. The molecule has 28 heavy (non-hydrogen) atoms. The van der Waals surface area contributed by atoms with Gasteiger partial charge in [-0.05, 0) is 48.9 Å². The molecule has 3 aromatic rings. The van der Waals surface area contributed by atoms with Gasteiger partial charge in [0.15, 0.2) is 12.4 Å². The van der Waals surface area contributed by atoms with Crippen LogP contribution in [0.1, 0.15) is 16.1 Å². The Morgan fingerprint density at radius 2 is 2.04 bits per heavy atom. The van der Waals surface area contributed by atoms with Crippen LogP contribution in [-0.4, -0.2) is 22.3 Å². The summed E-state index contributed by atoms with van der Waals surface area (Å²) in [5.41, 5.74) is 1.22. The molecule has 3 rings (SSSR count). The first-order valence-electron chi connectivity index (χ1n) is 8.20. The van der Waals surface area contributed by atoms with E-state index < -0.39 is 12.5 Å². The zero-order chi connectivity index (χ0) is 20.1. The number of hydrogen-bond donors (Lipinski definition) is 1. The Morgan fingerprint density at radius 3 is 2.75 bits per heavy atom. The second-order valence-corrected chi connectivity index (χ2v) is 6.16. The highest BCUT2D eigenvalue weighted by Crippen LogP contribution is 2.24. The highest BCUT2D eigenvalue weighted by Gasteiger charge is 2.13. The van der Waals surface area contributed by atoms with Crippen LogP contribution in [0.2, 0.25) is 5.02 Å². The van der Waals surface area contributed by atoms with Crippen molar-refractivity contribution in [2.24, 2.45) is 0 Å². The van der Waals surface area contributed by atoms with Crippen molar-refractivity contribution in [3.05, 3.63) is 71.0 Å². The summed E-state index contributed by atoms with van der Waals surface area (Å²) in [6.07, 6.45) is 1.60. The number of amides is 1. The van der Waals surface area contributed by atoms with E-state index in [4.69, 9.17) is 16.3 Å². The molecular weight excluding hydrogens is 392 g/mol. The Hall–Kier alpha value is -3.13. The summed E-state index contributed by atoms with van der Waals surface area (Å²) in [6.45, 7) is -1.16. The molecule has 0 fully saturated rings. The number of para-hydroxylation sites is 1. The van der Waals surface area contributed by atoms with Gasteiger partial charge >= 0.3 is 6.61 Å². The van der Waals surface area contributed by atoms with Gasteiger partial charge in [0.25, 0.3) is 5.91 Å². The topological polar surface area (TPSA) is 65.4 Å². The SMILES string of the molecule is Cc1cc(OC(F)F)ccc1NC(=O)c1ccn(COc2ccccc2Cl)n1. The molecule has 1 heterocycles. The molecule has 0 saturated heterocycles. The van der Waals surface area contributed by atoms with Crippen molar-refractivity contribution in [1.29, 1.82) is 0 Å². The summed E-state index contributed by atoms with van der Waals surface area (Å²) >= 11 is 6.02. The van der Waals surface area contributed by atoms with Crippen LogP contribution in [-0.2, 0) is 6.73 Å². The van der Waals surface area contributed by atoms with E-state index in [1.54, 1.807) is 37.4 Å². The quantitative estimate of drug-likeness (QED) is 0.614. The minimum atomic E-state index is -2.91. The molecule has 0 saturated carbocycles. The van der Waals surface area contributed by atoms with Gasteiger partial charge in [-0.15, -0.1) is 0 Å². The molecule has 0 spiro atoms. The van der Waals surface area contributed by atoms with Crippen LogP contribution in [0.3, 0.4) is 0 Å². The number of nitrogens with one attached hydrogen (secondary N) is 1. The van der Waals surface area contributed by atoms with Gasteiger partial charge in [0.2, 0.25) is 0 Å². The predicted octanol–water partition coefficient (Wildman–Crippen LogP) is 4.74. The molecular formula is C19H16ClF2N3O3. The molecule has 0 atom stereocenters. The minimum absolute atomic E-state index is 0.0199. The highest BCUT2D eigenvalue weighted by molar-refractivity contribution is 6.32. The third-order valence-corrected chi connectivity index (χ3v) is 4.05. The summed E-state index contributed by atoms with van der Waals surface area (Å²) in [5, 5.41) is 7.31. The van der Waals surface area contributed by atoms with Crippen molar-refractivity contribution in [2.75, 3.05) is 5.32 Å². The van der Waals surface area contributed by atoms with Crippen molar-refractivity contribution in [3.63, 3.8) is 0 Å². The lowest BCUT2D eigenvalue weighted by molar-refractivity contribution is -0.0498. The third-order valence-electron chi connectivity index (χ3n) is 3.73. The Kier molecular flexibility index (Phi) is 6.10. The number of halogens is 3. The maximum Gasteiger partial charge on any atom is 0.387 e. The Balaban J connectivity index is 1.62. The minimum Gasteiger partial charge on any atom is -0.470 e. The second kappa shape index (κ2) is 8.71. The molecule has 0 unspecified atom stereocenters. The van der Waals surface area contributed by atoms with E-state index in [9.17, 15) is 13.6 Å². The maximum atomic E-state index is 12.4. The van der Waals surface area contributed by atoms with Crippen molar-refractivity contribution in [1.82, 2.24) is 9.78 Å². The van der Waals surface area contributed by atoms with Crippen molar-refractivity contribution in [2.45, 2.75) is 20.3 Å². The Morgan fingerprint density at radius 1 is 1.25 bits per heavy atom. The van der Waals surface area contributed by atoms with Crippen molar-refractivity contribution < 1.29 is 23.0 Å². The number of hydrogen-bond acceptors (Lipinski definition) is 4. The largest absolute Gasteiger partial charge is 0.470 e. The van der Waals surface area contributed by atoms with Gasteiger partial charge in [-0.25, -0.2) is 4.68 Å². The van der Waals surface area contributed by atoms with E-state index in [-0.39, 0.29) is 18.2 Å². The Bertz CT molecular complexity index is 979. The summed E-state index contributed by atoms with van der Waals surface area (Å²) in [7, 11) is 0. The average Bonchev–Trinajstić information content (AvgIpc) is 3.12. The normalized spacial score (nSPS) is 10.8. The Labute approximate surface area is 164 Å². The summed E-state index contributed by atoms with van der Waals surface area (Å²) in [5.74, 6) is 0.0843. The molecule has 146 valence electrons. The van der Waals surface area contributed by atoms with Gasteiger partial charge in [0.1, 0.15) is 11.5 Å². The van der Waals surface area contributed by atoms with E-state index in [2.05, 4.69) is 15.2 Å². The fraction of sp³-hybridized carbons (Fsp3) is 0.158. The lowest BCUT2D eigenvalue weighted by Gasteiger charge is -2.10. The lowest BCUT2D eigenvalue weighted by Crippen LogP contribution is -2.15. The monoisotopic (exact) mass is 407 g/mol. The first-order chi connectivity index (χ1) is 13.4. The van der Waals surface area contributed by atoms with Gasteiger partial charge in [0, 0.05) is 11.9 Å². The van der Waals surface area contributed by atoms with Crippen molar-refractivity contribution in [3.8, 4) is 11.5 Å². The van der Waals surface area contributed by atoms with Gasteiger partial charge in [-0.1, -0.05) is 23.7 Å². The van der Waals surface area contributed by atoms with Crippen molar-refractivity contribution >= 4 is 23.2 Å². The van der Waals surface area contributed by atoms with Crippen LogP contribution < -0.4 is 14.8 Å². The first-order valence-corrected chi connectivity index (χ1v) is 8.58. The maximum absolute atomic E-state index is 12.4. The molecule has 0 radical (unpaired) electrons. The molecule has 0 aliphatic rings. The predicted molar refractivity (Wildman–Crippen MR) is 100 cm³/mol. The van der Waals surface area contributed by atoms with E-state index >= 15 is 0 Å². The number of rotatable bonds is 7. The summed E-state index contributed by atoms with van der Waals surface area (Å²) < 4.78 is 35.9. The van der Waals surface area contributed by atoms with Crippen LogP contribution in [0.25, 0.3) is 0 Å². The number of anilines is 1. The molecule has 1 N–H and O–H groups in total. The van der Waals surface area contributed by atoms with Crippen LogP contribution in [0.5, 0.6) is 11.5 Å². The zero-order valence-corrected chi connectivity index (χ0v) is 15.5. The fourth-order valence-corrected chi connectivity index (χ4v) is 2.58. The first kappa shape index (κ1) is 19.6. The molecule has 2 aromatic carbocycles. The number of benzene rings is 2. The third kappa shape index (κ3) is 4.98. The summed E-state index contributed by atoms with van der Waals surface area (Å²) in [6, 6.07) is 12.8. The number of alkyl halides is 2. The van der Waals surface area contributed by atoms with E-state index in [0.717, 1.165) is 0 Å². The number of ether oxygens (including phenoxy) is 2. The molecule has 1 aromatic heterocycles. The van der Waals surface area contributed by atoms with E-state index in [1.165, 1.54) is 28.9 Å². The smallest absolute Gasteiger partial charge is 0.387 e. The molecule has 0 aliphatic carbocycles. The van der Waals surface area contributed by atoms with Crippen LogP contribution in [0.4, 0.5) is 14.5 Å². The number of nitrogens with zero attached hydrogens (tertiary/aromatic N) is 2. The van der Waals surface area contributed by atoms with Crippen LogP contribution >= 0.6 is 11.6 Å². The van der Waals surface area contributed by atoms with E-state index in [0.29, 0.717) is 22.0 Å². The van der Waals surface area contributed by atoms with Gasteiger partial charge < -0.3 is 14.8 Å².